The lowest BCUT2D eigenvalue weighted by Crippen LogP contribution is -2.44. The third kappa shape index (κ3) is 11.9. The SMILES string of the molecule is CCNC=O.CCOc1ccc(Cl)cc1CNC(=O)C(C)NC(=O)CCCc1ccccc1. The van der Waals surface area contributed by atoms with Crippen molar-refractivity contribution in [1.29, 1.82) is 0 Å². The molecule has 0 spiro atoms. The predicted octanol–water partition coefficient (Wildman–Crippen LogP) is 3.63. The van der Waals surface area contributed by atoms with Gasteiger partial charge in [-0.2, -0.15) is 0 Å². The Hall–Kier alpha value is -3.06. The average molecular weight is 476 g/mol. The molecule has 0 saturated heterocycles. The summed E-state index contributed by atoms with van der Waals surface area (Å²) in [5, 5.41) is 8.57. The number of nitrogens with one attached hydrogen (secondary N) is 3. The minimum atomic E-state index is -0.612. The number of hydrogen-bond acceptors (Lipinski definition) is 4. The molecule has 0 bridgehead atoms. The van der Waals surface area contributed by atoms with Crippen LogP contribution in [0, 0.1) is 0 Å². The van der Waals surface area contributed by atoms with Crippen molar-refractivity contribution < 1.29 is 19.1 Å². The molecule has 33 heavy (non-hydrogen) atoms. The normalized spacial score (nSPS) is 10.8. The summed E-state index contributed by atoms with van der Waals surface area (Å²) < 4.78 is 5.55. The summed E-state index contributed by atoms with van der Waals surface area (Å²) >= 11 is 6.03. The minimum Gasteiger partial charge on any atom is -0.494 e. The Bertz CT molecular complexity index is 862. The maximum absolute atomic E-state index is 12.3. The Morgan fingerprint density at radius 3 is 2.45 bits per heavy atom. The second-order valence-corrected chi connectivity index (χ2v) is 7.64. The van der Waals surface area contributed by atoms with Crippen molar-refractivity contribution in [2.45, 2.75) is 52.6 Å². The second kappa shape index (κ2) is 16.6. The number of ether oxygens (including phenoxy) is 1. The molecule has 2 aromatic rings. The van der Waals surface area contributed by atoms with Crippen LogP contribution in [0.2, 0.25) is 5.02 Å². The van der Waals surface area contributed by atoms with E-state index in [9.17, 15) is 14.4 Å². The number of hydrogen-bond donors (Lipinski definition) is 3. The lowest BCUT2D eigenvalue weighted by molar-refractivity contribution is -0.128. The standard InChI is InChI=1S/C22H27ClN2O3.C3H7NO/c1-3-28-20-13-12-19(23)14-18(20)15-24-22(27)16(2)25-21(26)11-7-10-17-8-5-4-6-9-17;1-2-4-3-5/h4-6,8-9,12-14,16H,3,7,10-11,15H2,1-2H3,(H,24,27)(H,25,26);3H,2H2,1H3,(H,4,5). The van der Waals surface area contributed by atoms with Crippen LogP contribution in [-0.4, -0.2) is 37.4 Å². The summed E-state index contributed by atoms with van der Waals surface area (Å²) in [6.45, 7) is 6.97. The van der Waals surface area contributed by atoms with Gasteiger partial charge in [-0.15, -0.1) is 0 Å². The maximum atomic E-state index is 12.3. The summed E-state index contributed by atoms with van der Waals surface area (Å²) in [6.07, 6.45) is 2.64. The van der Waals surface area contributed by atoms with Crippen molar-refractivity contribution in [2.75, 3.05) is 13.2 Å². The molecule has 0 aliphatic rings. The molecular weight excluding hydrogens is 442 g/mol. The number of aryl methyl sites for hydroxylation is 1. The monoisotopic (exact) mass is 475 g/mol. The second-order valence-electron chi connectivity index (χ2n) is 7.21. The van der Waals surface area contributed by atoms with Gasteiger partial charge >= 0.3 is 0 Å². The lowest BCUT2D eigenvalue weighted by atomic mass is 10.1. The summed E-state index contributed by atoms with van der Waals surface area (Å²) in [7, 11) is 0. The summed E-state index contributed by atoms with van der Waals surface area (Å²) in [6, 6.07) is 14.7. The fourth-order valence-electron chi connectivity index (χ4n) is 2.88. The molecule has 3 N–H and O–H groups in total. The van der Waals surface area contributed by atoms with E-state index in [1.807, 2.05) is 44.2 Å². The fourth-order valence-corrected chi connectivity index (χ4v) is 3.07. The van der Waals surface area contributed by atoms with E-state index in [1.165, 1.54) is 5.56 Å². The molecule has 2 rings (SSSR count). The molecule has 8 heteroatoms. The van der Waals surface area contributed by atoms with Gasteiger partial charge in [0.15, 0.2) is 0 Å². The maximum Gasteiger partial charge on any atom is 0.242 e. The molecule has 0 saturated carbocycles. The van der Waals surface area contributed by atoms with E-state index in [1.54, 1.807) is 25.1 Å². The zero-order valence-corrected chi connectivity index (χ0v) is 20.3. The van der Waals surface area contributed by atoms with Gasteiger partial charge in [0.05, 0.1) is 6.61 Å². The van der Waals surface area contributed by atoms with Crippen molar-refractivity contribution in [3.63, 3.8) is 0 Å². The Morgan fingerprint density at radius 1 is 1.12 bits per heavy atom. The first kappa shape index (κ1) is 28.0. The van der Waals surface area contributed by atoms with Crippen LogP contribution in [-0.2, 0) is 27.3 Å². The van der Waals surface area contributed by atoms with Gasteiger partial charge in [0.2, 0.25) is 18.2 Å². The van der Waals surface area contributed by atoms with Crippen LogP contribution in [0.3, 0.4) is 0 Å². The van der Waals surface area contributed by atoms with Gasteiger partial charge in [0.1, 0.15) is 11.8 Å². The molecule has 180 valence electrons. The van der Waals surface area contributed by atoms with E-state index in [2.05, 4.69) is 16.0 Å². The van der Waals surface area contributed by atoms with Gasteiger partial charge in [-0.25, -0.2) is 0 Å². The van der Waals surface area contributed by atoms with Crippen molar-refractivity contribution in [3.8, 4) is 5.75 Å². The smallest absolute Gasteiger partial charge is 0.242 e. The number of carbonyl (C=O) groups is 3. The third-order valence-corrected chi connectivity index (χ3v) is 4.78. The third-order valence-electron chi connectivity index (χ3n) is 4.55. The van der Waals surface area contributed by atoms with Crippen LogP contribution >= 0.6 is 11.6 Å². The van der Waals surface area contributed by atoms with E-state index in [0.717, 1.165) is 24.9 Å². The van der Waals surface area contributed by atoms with E-state index < -0.39 is 6.04 Å². The first-order chi connectivity index (χ1) is 15.9. The molecule has 3 amide bonds. The fraction of sp³-hybridized carbons (Fsp3) is 0.400. The minimum absolute atomic E-state index is 0.128. The summed E-state index contributed by atoms with van der Waals surface area (Å²) in [4.78, 5) is 33.7. The molecular formula is C25H34ClN3O4. The van der Waals surface area contributed by atoms with E-state index >= 15 is 0 Å². The van der Waals surface area contributed by atoms with Gasteiger partial charge in [0.25, 0.3) is 0 Å². The van der Waals surface area contributed by atoms with E-state index in [0.29, 0.717) is 30.2 Å². The molecule has 0 radical (unpaired) electrons. The summed E-state index contributed by atoms with van der Waals surface area (Å²) in [5.74, 6) is 0.306. The van der Waals surface area contributed by atoms with Crippen molar-refractivity contribution >= 4 is 29.8 Å². The largest absolute Gasteiger partial charge is 0.494 e. The average Bonchev–Trinajstić information content (AvgIpc) is 2.80. The van der Waals surface area contributed by atoms with Gasteiger partial charge in [-0.05, 0) is 57.4 Å². The van der Waals surface area contributed by atoms with Crippen LogP contribution in [0.25, 0.3) is 0 Å². The molecule has 7 nitrogen and oxygen atoms in total. The number of amides is 3. The number of carbonyl (C=O) groups excluding carboxylic acids is 3. The van der Waals surface area contributed by atoms with Gasteiger partial charge in [-0.3, -0.25) is 14.4 Å². The Balaban J connectivity index is 0.000000981. The molecule has 0 aliphatic heterocycles. The van der Waals surface area contributed by atoms with E-state index in [-0.39, 0.29) is 18.4 Å². The van der Waals surface area contributed by atoms with Gasteiger partial charge < -0.3 is 20.7 Å². The van der Waals surface area contributed by atoms with Crippen LogP contribution in [0.15, 0.2) is 48.5 Å². The highest BCUT2D eigenvalue weighted by Crippen LogP contribution is 2.22. The Morgan fingerprint density at radius 2 is 1.85 bits per heavy atom. The molecule has 0 heterocycles. The molecule has 0 aliphatic carbocycles. The highest BCUT2D eigenvalue weighted by Gasteiger charge is 2.16. The molecule has 1 unspecified atom stereocenters. The molecule has 0 aromatic heterocycles. The van der Waals surface area contributed by atoms with Gasteiger partial charge in [0, 0.05) is 30.1 Å². The highest BCUT2D eigenvalue weighted by molar-refractivity contribution is 6.30. The molecule has 0 fully saturated rings. The molecule has 1 atom stereocenters. The first-order valence-corrected chi connectivity index (χ1v) is 11.5. The van der Waals surface area contributed by atoms with Crippen molar-refractivity contribution in [3.05, 3.63) is 64.7 Å². The highest BCUT2D eigenvalue weighted by atomic mass is 35.5. The van der Waals surface area contributed by atoms with Crippen molar-refractivity contribution in [1.82, 2.24) is 16.0 Å². The number of halogens is 1. The zero-order chi connectivity index (χ0) is 24.5. The Kier molecular flexibility index (Phi) is 14.0. The zero-order valence-electron chi connectivity index (χ0n) is 19.5. The first-order valence-electron chi connectivity index (χ1n) is 11.1. The number of rotatable bonds is 12. The van der Waals surface area contributed by atoms with Crippen molar-refractivity contribution in [2.24, 2.45) is 0 Å². The van der Waals surface area contributed by atoms with Crippen LogP contribution < -0.4 is 20.7 Å². The number of benzene rings is 2. The van der Waals surface area contributed by atoms with Crippen LogP contribution in [0.4, 0.5) is 0 Å². The lowest BCUT2D eigenvalue weighted by Gasteiger charge is -2.16. The molecule has 2 aromatic carbocycles. The van der Waals surface area contributed by atoms with Crippen LogP contribution in [0.5, 0.6) is 5.75 Å². The van der Waals surface area contributed by atoms with Gasteiger partial charge in [-0.1, -0.05) is 41.9 Å². The quantitative estimate of drug-likeness (QED) is 0.408. The summed E-state index contributed by atoms with van der Waals surface area (Å²) in [5.41, 5.74) is 2.00. The van der Waals surface area contributed by atoms with Crippen LogP contribution in [0.1, 0.15) is 44.7 Å². The Labute approximate surface area is 201 Å². The van der Waals surface area contributed by atoms with E-state index in [4.69, 9.17) is 16.3 Å². The predicted molar refractivity (Wildman–Crippen MR) is 131 cm³/mol. The topological polar surface area (TPSA) is 96.5 Å².